The van der Waals surface area contributed by atoms with Gasteiger partial charge in [-0.15, -0.1) is 0 Å². The normalized spacial score (nSPS) is 11.5. The molecule has 0 bridgehead atoms. The van der Waals surface area contributed by atoms with Crippen molar-refractivity contribution >= 4 is 39.7 Å². The van der Waals surface area contributed by atoms with Crippen LogP contribution in [0.3, 0.4) is 0 Å². The van der Waals surface area contributed by atoms with Gasteiger partial charge in [-0.25, -0.2) is 4.98 Å². The van der Waals surface area contributed by atoms with Crippen LogP contribution in [0.5, 0.6) is 0 Å². The molecule has 1 amide bonds. The number of ether oxygens (including phenoxy) is 1. The predicted molar refractivity (Wildman–Crippen MR) is 135 cm³/mol. The minimum Gasteiger partial charge on any atom is -0.448 e. The van der Waals surface area contributed by atoms with Gasteiger partial charge in [0, 0.05) is 25.1 Å². The predicted octanol–water partition coefficient (Wildman–Crippen LogP) is 4.67. The number of fused-ring (bicyclic) bond motifs is 3. The van der Waals surface area contributed by atoms with Crippen molar-refractivity contribution in [3.05, 3.63) is 70.0 Å². The summed E-state index contributed by atoms with van der Waals surface area (Å²) >= 11 is 1.26. The smallest absolute Gasteiger partial charge is 0.297 e. The zero-order chi connectivity index (χ0) is 24.1. The lowest BCUT2D eigenvalue weighted by atomic mass is 10.1. The van der Waals surface area contributed by atoms with Crippen LogP contribution in [0.1, 0.15) is 31.4 Å². The zero-order valence-corrected chi connectivity index (χ0v) is 20.5. The molecule has 178 valence electrons. The van der Waals surface area contributed by atoms with E-state index in [1.807, 2.05) is 69.3 Å². The van der Waals surface area contributed by atoms with Crippen LogP contribution in [0.25, 0.3) is 22.1 Å². The summed E-state index contributed by atoms with van der Waals surface area (Å²) < 4.78 is 13.0. The van der Waals surface area contributed by atoms with Gasteiger partial charge in [0.15, 0.2) is 5.16 Å². The van der Waals surface area contributed by atoms with E-state index in [1.165, 1.54) is 17.3 Å². The molecule has 0 saturated carbocycles. The maximum atomic E-state index is 13.3. The SMILES string of the molecule is Cc1ccc(CNC(=O)CSc2nc3c(oc4ccccc43)c(=O)n2CCCOC(C)C)cc1. The maximum Gasteiger partial charge on any atom is 0.297 e. The molecule has 7 nitrogen and oxygen atoms in total. The van der Waals surface area contributed by atoms with Crippen LogP contribution in [0.4, 0.5) is 0 Å². The third kappa shape index (κ3) is 5.69. The number of aryl methyl sites for hydroxylation is 1. The number of nitrogens with zero attached hydrogens (tertiary/aromatic N) is 2. The van der Waals surface area contributed by atoms with Crippen molar-refractivity contribution < 1.29 is 13.9 Å². The summed E-state index contributed by atoms with van der Waals surface area (Å²) in [6.07, 6.45) is 0.775. The summed E-state index contributed by atoms with van der Waals surface area (Å²) in [5, 5.41) is 4.22. The van der Waals surface area contributed by atoms with Crippen molar-refractivity contribution in [2.45, 2.75) is 51.5 Å². The zero-order valence-electron chi connectivity index (χ0n) is 19.7. The third-order valence-electron chi connectivity index (χ3n) is 5.37. The Morgan fingerprint density at radius 1 is 1.18 bits per heavy atom. The first kappa shape index (κ1) is 24.0. The second-order valence-corrected chi connectivity index (χ2v) is 9.39. The fourth-order valence-corrected chi connectivity index (χ4v) is 4.44. The van der Waals surface area contributed by atoms with E-state index in [-0.39, 0.29) is 28.9 Å². The van der Waals surface area contributed by atoms with Crippen molar-refractivity contribution in [3.8, 4) is 0 Å². The van der Waals surface area contributed by atoms with Crippen LogP contribution < -0.4 is 10.9 Å². The van der Waals surface area contributed by atoms with Crippen LogP contribution in [-0.4, -0.2) is 33.9 Å². The van der Waals surface area contributed by atoms with Gasteiger partial charge in [0.2, 0.25) is 11.5 Å². The molecular formula is C26H29N3O4S. The van der Waals surface area contributed by atoms with Crippen LogP contribution in [-0.2, 0) is 22.6 Å². The highest BCUT2D eigenvalue weighted by molar-refractivity contribution is 7.99. The molecule has 0 unspecified atom stereocenters. The molecule has 0 aliphatic rings. The Morgan fingerprint density at radius 3 is 2.71 bits per heavy atom. The quantitative estimate of drug-likeness (QED) is 0.202. The van der Waals surface area contributed by atoms with E-state index in [1.54, 1.807) is 4.57 Å². The number of hydrogen-bond donors (Lipinski definition) is 1. The van der Waals surface area contributed by atoms with Crippen molar-refractivity contribution in [1.82, 2.24) is 14.9 Å². The van der Waals surface area contributed by atoms with Crippen LogP contribution in [0.15, 0.2) is 62.9 Å². The highest BCUT2D eigenvalue weighted by Crippen LogP contribution is 2.27. The number of benzene rings is 2. The van der Waals surface area contributed by atoms with Crippen LogP contribution in [0.2, 0.25) is 0 Å². The monoisotopic (exact) mass is 479 g/mol. The second kappa shape index (κ2) is 10.9. The molecular weight excluding hydrogens is 450 g/mol. The van der Waals surface area contributed by atoms with Gasteiger partial charge in [0.1, 0.15) is 11.1 Å². The average Bonchev–Trinajstić information content (AvgIpc) is 3.20. The molecule has 34 heavy (non-hydrogen) atoms. The summed E-state index contributed by atoms with van der Waals surface area (Å²) in [6, 6.07) is 15.5. The molecule has 8 heteroatoms. The van der Waals surface area contributed by atoms with E-state index in [0.29, 0.717) is 42.4 Å². The number of thioether (sulfide) groups is 1. The number of aromatic nitrogens is 2. The molecule has 0 atom stereocenters. The lowest BCUT2D eigenvalue weighted by Gasteiger charge is -2.13. The number of rotatable bonds is 10. The van der Waals surface area contributed by atoms with Crippen molar-refractivity contribution in [3.63, 3.8) is 0 Å². The molecule has 4 aromatic rings. The standard InChI is InChI=1S/C26H29N3O4S/c1-17(2)32-14-6-13-29-25(31)24-23(20-7-4-5-8-21(20)33-24)28-26(29)34-16-22(30)27-15-19-11-9-18(3)10-12-19/h4-5,7-12,17H,6,13-16H2,1-3H3,(H,27,30). The molecule has 4 rings (SSSR count). The van der Waals surface area contributed by atoms with Gasteiger partial charge >= 0.3 is 0 Å². The summed E-state index contributed by atoms with van der Waals surface area (Å²) in [6.45, 7) is 7.40. The second-order valence-electron chi connectivity index (χ2n) is 8.45. The minimum atomic E-state index is -0.242. The summed E-state index contributed by atoms with van der Waals surface area (Å²) in [5.74, 6) is 0.0360. The van der Waals surface area contributed by atoms with E-state index in [0.717, 1.165) is 10.9 Å². The molecule has 2 aromatic carbocycles. The molecule has 2 heterocycles. The highest BCUT2D eigenvalue weighted by Gasteiger charge is 2.18. The van der Waals surface area contributed by atoms with E-state index in [9.17, 15) is 9.59 Å². The minimum absolute atomic E-state index is 0.119. The van der Waals surface area contributed by atoms with E-state index in [4.69, 9.17) is 14.1 Å². The van der Waals surface area contributed by atoms with Crippen molar-refractivity contribution in [2.75, 3.05) is 12.4 Å². The fraction of sp³-hybridized carbons (Fsp3) is 0.346. The first-order chi connectivity index (χ1) is 16.4. The molecule has 0 radical (unpaired) electrons. The average molecular weight is 480 g/mol. The fourth-order valence-electron chi connectivity index (χ4n) is 3.59. The molecule has 0 fully saturated rings. The first-order valence-corrected chi connectivity index (χ1v) is 12.4. The molecule has 1 N–H and O–H groups in total. The van der Waals surface area contributed by atoms with Gasteiger partial charge in [-0.1, -0.05) is 53.7 Å². The lowest BCUT2D eigenvalue weighted by Crippen LogP contribution is -2.27. The Bertz CT molecular complexity index is 1340. The number of furan rings is 1. The van der Waals surface area contributed by atoms with Crippen LogP contribution in [0, 0.1) is 6.92 Å². The van der Waals surface area contributed by atoms with Crippen molar-refractivity contribution in [1.29, 1.82) is 0 Å². The molecule has 2 aromatic heterocycles. The van der Waals surface area contributed by atoms with Gasteiger partial charge in [0.05, 0.1) is 11.9 Å². The van der Waals surface area contributed by atoms with Gasteiger partial charge in [-0.2, -0.15) is 0 Å². The van der Waals surface area contributed by atoms with E-state index < -0.39 is 0 Å². The number of hydrogen-bond acceptors (Lipinski definition) is 6. The first-order valence-electron chi connectivity index (χ1n) is 11.4. The third-order valence-corrected chi connectivity index (χ3v) is 6.34. The Kier molecular flexibility index (Phi) is 7.70. The van der Waals surface area contributed by atoms with Gasteiger partial charge in [-0.05, 0) is 44.9 Å². The summed E-state index contributed by atoms with van der Waals surface area (Å²) in [7, 11) is 0. The largest absolute Gasteiger partial charge is 0.448 e. The molecule has 0 saturated heterocycles. The van der Waals surface area contributed by atoms with Gasteiger partial charge in [-0.3, -0.25) is 14.2 Å². The van der Waals surface area contributed by atoms with Gasteiger partial charge < -0.3 is 14.5 Å². The Morgan fingerprint density at radius 2 is 1.94 bits per heavy atom. The molecule has 0 aliphatic carbocycles. The number of amides is 1. The maximum absolute atomic E-state index is 13.3. The van der Waals surface area contributed by atoms with E-state index in [2.05, 4.69) is 5.32 Å². The van der Waals surface area contributed by atoms with Crippen LogP contribution >= 0.6 is 11.8 Å². The molecule has 0 aliphatic heterocycles. The van der Waals surface area contributed by atoms with E-state index >= 15 is 0 Å². The number of para-hydroxylation sites is 1. The number of carbonyl (C=O) groups excluding carboxylic acids is 1. The summed E-state index contributed by atoms with van der Waals surface area (Å²) in [4.78, 5) is 30.6. The number of nitrogens with one attached hydrogen (secondary N) is 1. The highest BCUT2D eigenvalue weighted by atomic mass is 32.2. The number of carbonyl (C=O) groups is 1. The lowest BCUT2D eigenvalue weighted by molar-refractivity contribution is -0.118. The summed E-state index contributed by atoms with van der Waals surface area (Å²) in [5.41, 5.74) is 3.35. The van der Waals surface area contributed by atoms with Crippen molar-refractivity contribution in [2.24, 2.45) is 0 Å². The Hall–Kier alpha value is -3.10. The Labute approximate surface area is 202 Å². The Balaban J connectivity index is 1.53. The topological polar surface area (TPSA) is 86.4 Å². The molecule has 0 spiro atoms. The van der Waals surface area contributed by atoms with Gasteiger partial charge in [0.25, 0.3) is 5.56 Å².